The molecule has 1 aromatic heterocycles. The molecular weight excluding hydrogens is 284 g/mol. The molecule has 0 spiro atoms. The van der Waals surface area contributed by atoms with Gasteiger partial charge in [-0.3, -0.25) is 4.79 Å². The van der Waals surface area contributed by atoms with Crippen LogP contribution in [0.5, 0.6) is 0 Å². The number of aromatic nitrogens is 1. The molecule has 0 bridgehead atoms. The molecule has 1 aliphatic heterocycles. The highest BCUT2D eigenvalue weighted by molar-refractivity contribution is 7.22. The lowest BCUT2D eigenvalue weighted by Crippen LogP contribution is -2.53. The molecule has 5 heteroatoms. The zero-order chi connectivity index (χ0) is 15.0. The lowest BCUT2D eigenvalue weighted by Gasteiger charge is -2.38. The minimum Gasteiger partial charge on any atom is -0.459 e. The molecule has 4 nitrogen and oxygen atoms in total. The van der Waals surface area contributed by atoms with Crippen molar-refractivity contribution in [2.45, 2.75) is 33.3 Å². The predicted molar refractivity (Wildman–Crippen MR) is 85.8 cm³/mol. The molecule has 0 N–H and O–H groups in total. The van der Waals surface area contributed by atoms with Gasteiger partial charge in [0, 0.05) is 0 Å². The van der Waals surface area contributed by atoms with Crippen LogP contribution >= 0.6 is 11.3 Å². The van der Waals surface area contributed by atoms with E-state index in [1.165, 1.54) is 4.70 Å². The first-order valence-corrected chi connectivity index (χ1v) is 8.02. The summed E-state index contributed by atoms with van der Waals surface area (Å²) < 4.78 is 6.68. The zero-order valence-corrected chi connectivity index (χ0v) is 13.4. The smallest absolute Gasteiger partial charge is 0.306 e. The Labute approximate surface area is 128 Å². The van der Waals surface area contributed by atoms with Crippen LogP contribution in [0.4, 0.5) is 5.13 Å². The van der Waals surface area contributed by atoms with Crippen LogP contribution in [0, 0.1) is 5.41 Å². The summed E-state index contributed by atoms with van der Waals surface area (Å²) in [7, 11) is 0. The molecule has 1 fully saturated rings. The van der Waals surface area contributed by atoms with Crippen molar-refractivity contribution < 1.29 is 9.53 Å². The summed E-state index contributed by atoms with van der Waals surface area (Å²) in [5.41, 5.74) is 1.01. The number of benzene rings is 1. The number of fused-ring (bicyclic) bond motifs is 1. The molecule has 0 saturated carbocycles. The van der Waals surface area contributed by atoms with E-state index in [1.807, 2.05) is 39.0 Å². The van der Waals surface area contributed by atoms with E-state index in [4.69, 9.17) is 4.74 Å². The summed E-state index contributed by atoms with van der Waals surface area (Å²) >= 11 is 1.69. The van der Waals surface area contributed by atoms with E-state index in [1.54, 1.807) is 11.3 Å². The van der Waals surface area contributed by atoms with Gasteiger partial charge < -0.3 is 9.64 Å². The maximum absolute atomic E-state index is 11.8. The average molecular weight is 304 g/mol. The summed E-state index contributed by atoms with van der Waals surface area (Å²) in [4.78, 5) is 18.6. The number of rotatable bonds is 3. The monoisotopic (exact) mass is 304 g/mol. The molecule has 112 valence electrons. The maximum atomic E-state index is 11.8. The second kappa shape index (κ2) is 5.30. The molecule has 1 aromatic carbocycles. The van der Waals surface area contributed by atoms with E-state index in [9.17, 15) is 4.79 Å². The largest absolute Gasteiger partial charge is 0.459 e. The summed E-state index contributed by atoms with van der Waals surface area (Å²) in [6.45, 7) is 7.62. The topological polar surface area (TPSA) is 42.4 Å². The van der Waals surface area contributed by atoms with Gasteiger partial charge in [-0.25, -0.2) is 4.98 Å². The number of carbonyl (C=O) groups is 1. The fourth-order valence-corrected chi connectivity index (χ4v) is 3.31. The normalized spacial score (nSPS) is 16.0. The van der Waals surface area contributed by atoms with E-state index >= 15 is 0 Å². The Morgan fingerprint density at radius 3 is 2.76 bits per heavy atom. The van der Waals surface area contributed by atoms with E-state index in [0.717, 1.165) is 23.7 Å². The van der Waals surface area contributed by atoms with Crippen LogP contribution in [0.25, 0.3) is 10.2 Å². The molecule has 0 amide bonds. The standard InChI is InChI=1S/C16H20N2O2S/c1-16(2,3)8-14(19)20-11-9-18(10-11)15-17-12-6-4-5-7-13(12)21-15/h4-7,11H,8-10H2,1-3H3. The Bertz CT molecular complexity index is 621. The number of hydrogen-bond acceptors (Lipinski definition) is 5. The number of nitrogens with zero attached hydrogens (tertiary/aromatic N) is 2. The molecule has 0 aliphatic carbocycles. The van der Waals surface area contributed by atoms with Crippen LogP contribution in [-0.2, 0) is 9.53 Å². The third kappa shape index (κ3) is 3.35. The van der Waals surface area contributed by atoms with E-state index in [2.05, 4.69) is 16.0 Å². The van der Waals surface area contributed by atoms with Gasteiger partial charge in [0.05, 0.1) is 29.7 Å². The Hall–Kier alpha value is -1.62. The SMILES string of the molecule is CC(C)(C)CC(=O)OC1CN(c2nc3ccccc3s2)C1. The van der Waals surface area contributed by atoms with Gasteiger partial charge in [-0.1, -0.05) is 44.2 Å². The lowest BCUT2D eigenvalue weighted by atomic mass is 9.92. The molecule has 3 rings (SSSR count). The first kappa shape index (κ1) is 14.3. The molecule has 2 heterocycles. The van der Waals surface area contributed by atoms with Crippen molar-refractivity contribution in [3.63, 3.8) is 0 Å². The molecule has 1 aliphatic rings. The number of ether oxygens (including phenoxy) is 1. The minimum atomic E-state index is -0.101. The highest BCUT2D eigenvalue weighted by Crippen LogP contribution is 2.32. The van der Waals surface area contributed by atoms with Crippen LogP contribution in [0.15, 0.2) is 24.3 Å². The molecule has 0 atom stereocenters. The van der Waals surface area contributed by atoms with Gasteiger partial charge in [0.1, 0.15) is 6.10 Å². The Balaban J connectivity index is 1.55. The minimum absolute atomic E-state index is 0.00635. The van der Waals surface area contributed by atoms with Crippen molar-refractivity contribution in [2.24, 2.45) is 5.41 Å². The van der Waals surface area contributed by atoms with Crippen LogP contribution in [0.2, 0.25) is 0 Å². The van der Waals surface area contributed by atoms with Gasteiger partial charge in [-0.2, -0.15) is 0 Å². The van der Waals surface area contributed by atoms with Crippen LogP contribution < -0.4 is 4.90 Å². The first-order chi connectivity index (χ1) is 9.90. The van der Waals surface area contributed by atoms with Crippen molar-refractivity contribution in [2.75, 3.05) is 18.0 Å². The average Bonchev–Trinajstić information content (AvgIpc) is 2.73. The van der Waals surface area contributed by atoms with Gasteiger partial charge in [0.2, 0.25) is 0 Å². The molecule has 21 heavy (non-hydrogen) atoms. The van der Waals surface area contributed by atoms with Crippen molar-refractivity contribution in [1.82, 2.24) is 4.98 Å². The first-order valence-electron chi connectivity index (χ1n) is 7.21. The quantitative estimate of drug-likeness (QED) is 0.814. The van der Waals surface area contributed by atoms with E-state index < -0.39 is 0 Å². The number of thiazole rings is 1. The second-order valence-electron chi connectivity index (χ2n) is 6.72. The molecule has 1 saturated heterocycles. The van der Waals surface area contributed by atoms with Crippen LogP contribution in [-0.4, -0.2) is 30.1 Å². The fraction of sp³-hybridized carbons (Fsp3) is 0.500. The second-order valence-corrected chi connectivity index (χ2v) is 7.73. The van der Waals surface area contributed by atoms with Crippen molar-refractivity contribution in [3.05, 3.63) is 24.3 Å². The van der Waals surface area contributed by atoms with Crippen molar-refractivity contribution >= 4 is 32.7 Å². The van der Waals surface area contributed by atoms with Gasteiger partial charge in [0.25, 0.3) is 0 Å². The summed E-state index contributed by atoms with van der Waals surface area (Å²) in [6.07, 6.45) is 0.469. The number of anilines is 1. The third-order valence-corrected chi connectivity index (χ3v) is 4.47. The van der Waals surface area contributed by atoms with Crippen molar-refractivity contribution in [3.8, 4) is 0 Å². The highest BCUT2D eigenvalue weighted by atomic mass is 32.1. The van der Waals surface area contributed by atoms with Gasteiger partial charge in [-0.05, 0) is 17.5 Å². The third-order valence-electron chi connectivity index (χ3n) is 3.37. The summed E-state index contributed by atoms with van der Waals surface area (Å²) in [6, 6.07) is 8.13. The Morgan fingerprint density at radius 2 is 2.10 bits per heavy atom. The summed E-state index contributed by atoms with van der Waals surface area (Å²) in [5.74, 6) is -0.101. The highest BCUT2D eigenvalue weighted by Gasteiger charge is 2.32. The molecule has 0 unspecified atom stereocenters. The Morgan fingerprint density at radius 1 is 1.38 bits per heavy atom. The Kier molecular flexibility index (Phi) is 3.61. The molecule has 0 radical (unpaired) electrons. The number of hydrogen-bond donors (Lipinski definition) is 0. The van der Waals surface area contributed by atoms with Gasteiger partial charge >= 0.3 is 5.97 Å². The zero-order valence-electron chi connectivity index (χ0n) is 12.6. The summed E-state index contributed by atoms with van der Waals surface area (Å²) in [5, 5.41) is 1.01. The molecule has 2 aromatic rings. The number of carbonyl (C=O) groups excluding carboxylic acids is 1. The van der Waals surface area contributed by atoms with Gasteiger partial charge in [-0.15, -0.1) is 0 Å². The molecular formula is C16H20N2O2S. The fourth-order valence-electron chi connectivity index (χ4n) is 2.32. The number of esters is 1. The van der Waals surface area contributed by atoms with E-state index in [-0.39, 0.29) is 17.5 Å². The number of para-hydroxylation sites is 1. The van der Waals surface area contributed by atoms with Crippen LogP contribution in [0.1, 0.15) is 27.2 Å². The van der Waals surface area contributed by atoms with E-state index in [0.29, 0.717) is 6.42 Å². The predicted octanol–water partition coefficient (Wildman–Crippen LogP) is 3.46. The maximum Gasteiger partial charge on any atom is 0.306 e. The van der Waals surface area contributed by atoms with Crippen molar-refractivity contribution in [1.29, 1.82) is 0 Å². The van der Waals surface area contributed by atoms with Gasteiger partial charge in [0.15, 0.2) is 5.13 Å². The van der Waals surface area contributed by atoms with Crippen LogP contribution in [0.3, 0.4) is 0 Å². The lowest BCUT2D eigenvalue weighted by molar-refractivity contribution is -0.152.